The van der Waals surface area contributed by atoms with Gasteiger partial charge in [-0.25, -0.2) is 0 Å². The van der Waals surface area contributed by atoms with E-state index in [2.05, 4.69) is 29.2 Å². The van der Waals surface area contributed by atoms with Crippen molar-refractivity contribution >= 4 is 0 Å². The average molecular weight is 256 g/mol. The van der Waals surface area contributed by atoms with Crippen molar-refractivity contribution in [1.29, 1.82) is 0 Å². The normalized spacial score (nSPS) is 16.1. The summed E-state index contributed by atoms with van der Waals surface area (Å²) in [5, 5.41) is 0. The summed E-state index contributed by atoms with van der Waals surface area (Å²) in [7, 11) is 0. The first kappa shape index (κ1) is 12.5. The van der Waals surface area contributed by atoms with Crippen molar-refractivity contribution in [3.63, 3.8) is 0 Å². The molecule has 0 spiro atoms. The van der Waals surface area contributed by atoms with Gasteiger partial charge in [0.25, 0.3) is 0 Å². The molecule has 1 aromatic carbocycles. The van der Waals surface area contributed by atoms with Gasteiger partial charge < -0.3 is 10.2 Å². The van der Waals surface area contributed by atoms with Crippen LogP contribution in [0.4, 0.5) is 0 Å². The van der Waals surface area contributed by atoms with E-state index in [0.717, 1.165) is 31.2 Å². The van der Waals surface area contributed by atoms with Gasteiger partial charge in [-0.3, -0.25) is 4.90 Å². The molecule has 0 unspecified atom stereocenters. The first-order valence-electron chi connectivity index (χ1n) is 6.92. The molecule has 0 aliphatic carbocycles. The highest BCUT2D eigenvalue weighted by Gasteiger charge is 2.15. The number of furan rings is 1. The monoisotopic (exact) mass is 256 g/mol. The Kier molecular flexibility index (Phi) is 3.67. The number of benzene rings is 1. The standard InChI is InChI=1S/C16H20N2O/c17-10-15-7-8-16(19-15)12-18-9-3-6-13-4-1-2-5-14(13)11-18/h1-2,4-5,7-8H,3,6,9-12,17H2. The molecule has 3 nitrogen and oxygen atoms in total. The van der Waals surface area contributed by atoms with E-state index in [9.17, 15) is 0 Å². The molecule has 0 fully saturated rings. The quantitative estimate of drug-likeness (QED) is 0.918. The molecule has 2 heterocycles. The second-order valence-electron chi connectivity index (χ2n) is 5.16. The zero-order chi connectivity index (χ0) is 13.1. The Morgan fingerprint density at radius 1 is 1.05 bits per heavy atom. The number of fused-ring (bicyclic) bond motifs is 1. The Labute approximate surface area is 114 Å². The molecular weight excluding hydrogens is 236 g/mol. The molecule has 0 bridgehead atoms. The number of nitrogens with two attached hydrogens (primary N) is 1. The molecule has 0 radical (unpaired) electrons. The van der Waals surface area contributed by atoms with Crippen LogP contribution in [0.2, 0.25) is 0 Å². The lowest BCUT2D eigenvalue weighted by Crippen LogP contribution is -2.22. The van der Waals surface area contributed by atoms with Crippen LogP contribution < -0.4 is 5.73 Å². The maximum Gasteiger partial charge on any atom is 0.118 e. The van der Waals surface area contributed by atoms with Crippen LogP contribution in [0.1, 0.15) is 29.1 Å². The zero-order valence-corrected chi connectivity index (χ0v) is 11.1. The lowest BCUT2D eigenvalue weighted by molar-refractivity contribution is 0.237. The van der Waals surface area contributed by atoms with Gasteiger partial charge in [-0.2, -0.15) is 0 Å². The van der Waals surface area contributed by atoms with Crippen LogP contribution >= 0.6 is 0 Å². The Morgan fingerprint density at radius 2 is 1.84 bits per heavy atom. The Bertz CT molecular complexity index is 547. The van der Waals surface area contributed by atoms with Crippen LogP contribution in [-0.2, 0) is 26.1 Å². The van der Waals surface area contributed by atoms with E-state index in [4.69, 9.17) is 10.2 Å². The second kappa shape index (κ2) is 5.59. The number of hydrogen-bond donors (Lipinski definition) is 1. The van der Waals surface area contributed by atoms with Crippen molar-refractivity contribution in [3.8, 4) is 0 Å². The summed E-state index contributed by atoms with van der Waals surface area (Å²) in [4.78, 5) is 2.45. The topological polar surface area (TPSA) is 42.4 Å². The van der Waals surface area contributed by atoms with Crippen molar-refractivity contribution in [2.75, 3.05) is 6.54 Å². The average Bonchev–Trinajstić information content (AvgIpc) is 2.78. The van der Waals surface area contributed by atoms with Gasteiger partial charge in [-0.05, 0) is 42.6 Å². The minimum absolute atomic E-state index is 0.475. The highest BCUT2D eigenvalue weighted by Crippen LogP contribution is 2.20. The highest BCUT2D eigenvalue weighted by atomic mass is 16.3. The summed E-state index contributed by atoms with van der Waals surface area (Å²) in [6.07, 6.45) is 2.39. The first-order valence-corrected chi connectivity index (χ1v) is 6.92. The number of nitrogens with zero attached hydrogens (tertiary/aromatic N) is 1. The molecule has 0 amide bonds. The molecule has 0 saturated carbocycles. The summed E-state index contributed by atoms with van der Waals surface area (Å²) >= 11 is 0. The summed E-state index contributed by atoms with van der Waals surface area (Å²) in [5.41, 5.74) is 8.52. The van der Waals surface area contributed by atoms with E-state index in [0.29, 0.717) is 6.54 Å². The van der Waals surface area contributed by atoms with Crippen molar-refractivity contribution < 1.29 is 4.42 Å². The molecule has 1 aliphatic rings. The van der Waals surface area contributed by atoms with Crippen LogP contribution in [0, 0.1) is 0 Å². The third-order valence-corrected chi connectivity index (χ3v) is 3.73. The highest BCUT2D eigenvalue weighted by molar-refractivity contribution is 5.28. The minimum Gasteiger partial charge on any atom is -0.463 e. The summed E-state index contributed by atoms with van der Waals surface area (Å²) in [5.74, 6) is 1.88. The van der Waals surface area contributed by atoms with Crippen molar-refractivity contribution in [1.82, 2.24) is 4.90 Å². The van der Waals surface area contributed by atoms with E-state index in [-0.39, 0.29) is 0 Å². The van der Waals surface area contributed by atoms with Crippen molar-refractivity contribution in [2.45, 2.75) is 32.5 Å². The minimum atomic E-state index is 0.475. The molecule has 3 heteroatoms. The molecule has 1 aromatic heterocycles. The smallest absolute Gasteiger partial charge is 0.118 e. The lowest BCUT2D eigenvalue weighted by atomic mass is 10.0. The van der Waals surface area contributed by atoms with Gasteiger partial charge in [0.05, 0.1) is 13.1 Å². The molecule has 2 N–H and O–H groups in total. The zero-order valence-electron chi connectivity index (χ0n) is 11.1. The fourth-order valence-corrected chi connectivity index (χ4v) is 2.74. The van der Waals surface area contributed by atoms with Gasteiger partial charge in [-0.15, -0.1) is 0 Å². The fraction of sp³-hybridized carbons (Fsp3) is 0.375. The van der Waals surface area contributed by atoms with Gasteiger partial charge in [0.1, 0.15) is 11.5 Å². The Hall–Kier alpha value is -1.58. The van der Waals surface area contributed by atoms with Crippen molar-refractivity contribution in [2.24, 2.45) is 5.73 Å². The SMILES string of the molecule is NCc1ccc(CN2CCCc3ccccc3C2)o1. The first-order chi connectivity index (χ1) is 9.35. The Balaban J connectivity index is 1.72. The fourth-order valence-electron chi connectivity index (χ4n) is 2.74. The van der Waals surface area contributed by atoms with Gasteiger partial charge in [-0.1, -0.05) is 24.3 Å². The van der Waals surface area contributed by atoms with Gasteiger partial charge in [0, 0.05) is 6.54 Å². The molecule has 3 rings (SSSR count). The van der Waals surface area contributed by atoms with E-state index >= 15 is 0 Å². The molecule has 100 valence electrons. The molecule has 19 heavy (non-hydrogen) atoms. The number of rotatable bonds is 3. The Morgan fingerprint density at radius 3 is 2.63 bits per heavy atom. The van der Waals surface area contributed by atoms with Crippen LogP contribution in [0.25, 0.3) is 0 Å². The molecule has 2 aromatic rings. The third-order valence-electron chi connectivity index (χ3n) is 3.73. The van der Waals surface area contributed by atoms with E-state index in [1.165, 1.54) is 24.0 Å². The largest absolute Gasteiger partial charge is 0.463 e. The maximum absolute atomic E-state index is 5.70. The van der Waals surface area contributed by atoms with Crippen LogP contribution in [0.15, 0.2) is 40.8 Å². The van der Waals surface area contributed by atoms with Crippen LogP contribution in [0.5, 0.6) is 0 Å². The van der Waals surface area contributed by atoms with Gasteiger partial charge >= 0.3 is 0 Å². The van der Waals surface area contributed by atoms with E-state index in [1.54, 1.807) is 0 Å². The van der Waals surface area contributed by atoms with E-state index < -0.39 is 0 Å². The summed E-state index contributed by atoms with van der Waals surface area (Å²) in [6, 6.07) is 12.8. The predicted molar refractivity (Wildman–Crippen MR) is 75.5 cm³/mol. The second-order valence-corrected chi connectivity index (χ2v) is 5.16. The number of hydrogen-bond acceptors (Lipinski definition) is 3. The lowest BCUT2D eigenvalue weighted by Gasteiger charge is -2.19. The van der Waals surface area contributed by atoms with Crippen LogP contribution in [-0.4, -0.2) is 11.4 Å². The molecule has 0 atom stereocenters. The van der Waals surface area contributed by atoms with E-state index in [1.807, 2.05) is 12.1 Å². The van der Waals surface area contributed by atoms with Crippen molar-refractivity contribution in [3.05, 3.63) is 59.0 Å². The van der Waals surface area contributed by atoms with Gasteiger partial charge in [0.2, 0.25) is 0 Å². The third kappa shape index (κ3) is 2.88. The van der Waals surface area contributed by atoms with Gasteiger partial charge in [0.15, 0.2) is 0 Å². The molecule has 0 saturated heterocycles. The predicted octanol–water partition coefficient (Wildman–Crippen LogP) is 2.69. The number of aryl methyl sites for hydroxylation is 1. The summed E-state index contributed by atoms with van der Waals surface area (Å²) < 4.78 is 5.70. The molecular formula is C16H20N2O. The summed E-state index contributed by atoms with van der Waals surface area (Å²) in [6.45, 7) is 3.47. The van der Waals surface area contributed by atoms with Crippen LogP contribution in [0.3, 0.4) is 0 Å². The molecule has 1 aliphatic heterocycles. The maximum atomic E-state index is 5.70.